The number of aromatic nitrogens is 3. The van der Waals surface area contributed by atoms with Crippen molar-refractivity contribution in [3.8, 4) is 46.0 Å². The molecule has 1 aliphatic rings. The topological polar surface area (TPSA) is 81.7 Å². The molecule has 0 radical (unpaired) electrons. The maximum absolute atomic E-state index is 9.12. The fraction of sp³-hybridized carbons (Fsp3) is 0.136. The Kier molecular flexibility index (Phi) is 4.03. The first kappa shape index (κ1) is 17.1. The van der Waals surface area contributed by atoms with E-state index in [1.807, 2.05) is 40.9 Å². The van der Waals surface area contributed by atoms with Gasteiger partial charge < -0.3 is 14.2 Å². The van der Waals surface area contributed by atoms with Crippen LogP contribution in [0, 0.1) is 11.3 Å². The van der Waals surface area contributed by atoms with Crippen LogP contribution in [0.3, 0.4) is 0 Å². The number of rotatable bonds is 3. The number of nitriles is 1. The minimum absolute atomic E-state index is 0.427. The van der Waals surface area contributed by atoms with Crippen LogP contribution in [0.1, 0.15) is 5.56 Å². The summed E-state index contributed by atoms with van der Waals surface area (Å²) in [7, 11) is 1.57. The van der Waals surface area contributed by atoms with Crippen molar-refractivity contribution in [3.63, 3.8) is 0 Å². The van der Waals surface area contributed by atoms with Crippen LogP contribution < -0.4 is 14.2 Å². The molecule has 142 valence electrons. The second-order valence-electron chi connectivity index (χ2n) is 6.49. The fourth-order valence-electron chi connectivity index (χ4n) is 3.47. The molecule has 7 heteroatoms. The number of hydrogen-bond donors (Lipinski definition) is 0. The molecule has 5 rings (SSSR count). The molecule has 0 saturated carbocycles. The summed E-state index contributed by atoms with van der Waals surface area (Å²) in [4.78, 5) is 9.15. The van der Waals surface area contributed by atoms with E-state index in [4.69, 9.17) is 24.5 Å². The first-order valence-electron chi connectivity index (χ1n) is 9.10. The Balaban J connectivity index is 1.79. The zero-order chi connectivity index (χ0) is 19.8. The normalized spacial score (nSPS) is 12.6. The molecule has 0 unspecified atom stereocenters. The molecule has 0 bridgehead atoms. The summed E-state index contributed by atoms with van der Waals surface area (Å²) in [5.41, 5.74) is 4.54. The Morgan fingerprint density at radius 1 is 1.03 bits per heavy atom. The molecule has 0 fully saturated rings. The number of benzene rings is 2. The van der Waals surface area contributed by atoms with Gasteiger partial charge in [-0.15, -0.1) is 0 Å². The Morgan fingerprint density at radius 3 is 2.55 bits per heavy atom. The number of nitrogens with zero attached hydrogens (tertiary/aromatic N) is 4. The van der Waals surface area contributed by atoms with Gasteiger partial charge in [0.05, 0.1) is 30.1 Å². The predicted octanol–water partition coefficient (Wildman–Crippen LogP) is 3.71. The van der Waals surface area contributed by atoms with Crippen LogP contribution in [0.5, 0.6) is 17.4 Å². The molecule has 29 heavy (non-hydrogen) atoms. The van der Waals surface area contributed by atoms with Crippen molar-refractivity contribution >= 4 is 5.65 Å². The van der Waals surface area contributed by atoms with E-state index in [1.54, 1.807) is 25.4 Å². The minimum Gasteiger partial charge on any atom is -0.486 e. The van der Waals surface area contributed by atoms with E-state index in [-0.39, 0.29) is 0 Å². The minimum atomic E-state index is 0.427. The molecule has 0 atom stereocenters. The molecule has 0 saturated heterocycles. The molecule has 4 aromatic rings. The van der Waals surface area contributed by atoms with E-state index in [1.165, 1.54) is 0 Å². The standard InChI is InChI=1S/C22H16N4O3/c1-27-22-21-24-8-9-26(21)20(16-6-7-17-18(12-16)29-11-10-28-17)19(25-22)15-4-2-14(13-23)3-5-15/h2-9,12H,10-11H2,1H3. The Hall–Kier alpha value is -4.05. The zero-order valence-electron chi connectivity index (χ0n) is 15.6. The van der Waals surface area contributed by atoms with Gasteiger partial charge in [0, 0.05) is 23.5 Å². The Bertz CT molecular complexity index is 1260. The zero-order valence-corrected chi connectivity index (χ0v) is 15.6. The Labute approximate surface area is 166 Å². The van der Waals surface area contributed by atoms with Crippen molar-refractivity contribution in [1.82, 2.24) is 14.4 Å². The second-order valence-corrected chi connectivity index (χ2v) is 6.49. The van der Waals surface area contributed by atoms with Crippen LogP contribution in [0.15, 0.2) is 54.9 Å². The molecule has 0 N–H and O–H groups in total. The monoisotopic (exact) mass is 384 g/mol. The van der Waals surface area contributed by atoms with Crippen LogP contribution in [0.25, 0.3) is 28.2 Å². The number of ether oxygens (including phenoxy) is 3. The average Bonchev–Trinajstić information content (AvgIpc) is 3.27. The lowest BCUT2D eigenvalue weighted by Crippen LogP contribution is -2.15. The molecule has 7 nitrogen and oxygen atoms in total. The Morgan fingerprint density at radius 2 is 1.79 bits per heavy atom. The molecule has 2 aromatic carbocycles. The van der Waals surface area contributed by atoms with Gasteiger partial charge >= 0.3 is 0 Å². The highest BCUT2D eigenvalue weighted by molar-refractivity contribution is 5.82. The molecule has 0 aliphatic carbocycles. The van der Waals surface area contributed by atoms with Crippen LogP contribution in [0.2, 0.25) is 0 Å². The van der Waals surface area contributed by atoms with Gasteiger partial charge in [-0.25, -0.2) is 9.97 Å². The maximum Gasteiger partial charge on any atom is 0.258 e. The van der Waals surface area contributed by atoms with E-state index in [2.05, 4.69) is 11.1 Å². The van der Waals surface area contributed by atoms with E-state index in [0.29, 0.717) is 41.7 Å². The summed E-state index contributed by atoms with van der Waals surface area (Å²) in [5.74, 6) is 1.85. The van der Waals surface area contributed by atoms with E-state index in [0.717, 1.165) is 22.6 Å². The van der Waals surface area contributed by atoms with Crippen LogP contribution >= 0.6 is 0 Å². The largest absolute Gasteiger partial charge is 0.486 e. The third-order valence-electron chi connectivity index (χ3n) is 4.81. The average molecular weight is 384 g/mol. The lowest BCUT2D eigenvalue weighted by molar-refractivity contribution is 0.171. The SMILES string of the molecule is COc1nc(-c2ccc(C#N)cc2)c(-c2ccc3c(c2)OCCO3)n2ccnc12. The molecular weight excluding hydrogens is 368 g/mol. The van der Waals surface area contributed by atoms with E-state index in [9.17, 15) is 0 Å². The quantitative estimate of drug-likeness (QED) is 0.536. The summed E-state index contributed by atoms with van der Waals surface area (Å²) < 4.78 is 18.9. The fourth-order valence-corrected chi connectivity index (χ4v) is 3.47. The smallest absolute Gasteiger partial charge is 0.258 e. The van der Waals surface area contributed by atoms with Gasteiger partial charge in [-0.3, -0.25) is 4.40 Å². The van der Waals surface area contributed by atoms with Crippen LogP contribution in [0.4, 0.5) is 0 Å². The third-order valence-corrected chi connectivity index (χ3v) is 4.81. The molecule has 0 amide bonds. The number of imidazole rings is 1. The summed E-state index contributed by atoms with van der Waals surface area (Å²) >= 11 is 0. The molecular formula is C22H16N4O3. The molecule has 3 heterocycles. The highest BCUT2D eigenvalue weighted by Crippen LogP contribution is 2.39. The van der Waals surface area contributed by atoms with Gasteiger partial charge in [-0.1, -0.05) is 12.1 Å². The molecule has 0 spiro atoms. The van der Waals surface area contributed by atoms with Gasteiger partial charge in [0.25, 0.3) is 5.88 Å². The van der Waals surface area contributed by atoms with Gasteiger partial charge in [-0.05, 0) is 30.3 Å². The van der Waals surface area contributed by atoms with Crippen molar-refractivity contribution in [1.29, 1.82) is 5.26 Å². The van der Waals surface area contributed by atoms with Gasteiger partial charge in [0.15, 0.2) is 11.5 Å². The maximum atomic E-state index is 9.12. The summed E-state index contributed by atoms with van der Waals surface area (Å²) in [6, 6.07) is 15.3. The van der Waals surface area contributed by atoms with Gasteiger partial charge in [0.1, 0.15) is 13.2 Å². The van der Waals surface area contributed by atoms with Crippen molar-refractivity contribution < 1.29 is 14.2 Å². The highest BCUT2D eigenvalue weighted by atomic mass is 16.6. The van der Waals surface area contributed by atoms with Crippen molar-refractivity contribution in [3.05, 3.63) is 60.4 Å². The first-order valence-corrected chi connectivity index (χ1v) is 9.10. The van der Waals surface area contributed by atoms with Crippen molar-refractivity contribution in [2.24, 2.45) is 0 Å². The third kappa shape index (κ3) is 2.82. The summed E-state index contributed by atoms with van der Waals surface area (Å²) in [5, 5.41) is 9.12. The lowest BCUT2D eigenvalue weighted by Gasteiger charge is -2.20. The second kappa shape index (κ2) is 6.84. The predicted molar refractivity (Wildman–Crippen MR) is 106 cm³/mol. The number of hydrogen-bond acceptors (Lipinski definition) is 6. The van der Waals surface area contributed by atoms with Crippen molar-refractivity contribution in [2.45, 2.75) is 0 Å². The summed E-state index contributed by atoms with van der Waals surface area (Å²) in [6.45, 7) is 1.05. The number of fused-ring (bicyclic) bond motifs is 2. The first-order chi connectivity index (χ1) is 14.3. The van der Waals surface area contributed by atoms with Crippen LogP contribution in [-0.4, -0.2) is 34.7 Å². The van der Waals surface area contributed by atoms with Crippen LogP contribution in [-0.2, 0) is 0 Å². The summed E-state index contributed by atoms with van der Waals surface area (Å²) in [6.07, 6.45) is 3.59. The lowest BCUT2D eigenvalue weighted by atomic mass is 10.0. The van der Waals surface area contributed by atoms with E-state index < -0.39 is 0 Å². The number of methoxy groups -OCH3 is 1. The van der Waals surface area contributed by atoms with Gasteiger partial charge in [0.2, 0.25) is 5.65 Å². The van der Waals surface area contributed by atoms with Crippen molar-refractivity contribution in [2.75, 3.05) is 20.3 Å². The molecule has 2 aromatic heterocycles. The highest BCUT2D eigenvalue weighted by Gasteiger charge is 2.21. The molecule has 1 aliphatic heterocycles. The van der Waals surface area contributed by atoms with Gasteiger partial charge in [-0.2, -0.15) is 5.26 Å². The van der Waals surface area contributed by atoms with E-state index >= 15 is 0 Å².